The van der Waals surface area contributed by atoms with Crippen LogP contribution in [0.3, 0.4) is 0 Å². The van der Waals surface area contributed by atoms with Crippen LogP contribution >= 0.6 is 23.2 Å². The molecule has 0 spiro atoms. The molecule has 0 saturated carbocycles. The van der Waals surface area contributed by atoms with Gasteiger partial charge in [-0.3, -0.25) is 14.5 Å². The molecule has 0 aromatic heterocycles. The van der Waals surface area contributed by atoms with Gasteiger partial charge in [-0.2, -0.15) is 0 Å². The molecule has 1 aliphatic rings. The Balaban J connectivity index is 2.26. The van der Waals surface area contributed by atoms with Gasteiger partial charge in [-0.1, -0.05) is 29.3 Å². The van der Waals surface area contributed by atoms with Crippen molar-refractivity contribution in [2.45, 2.75) is 38.8 Å². The first-order valence-corrected chi connectivity index (χ1v) is 8.01. The molecule has 1 aliphatic heterocycles. The molecule has 0 unspecified atom stereocenters. The smallest absolute Gasteiger partial charge is 0.326 e. The standard InChI is InChI=1S/C16H18Cl2N2O4/c1-15(2,3)24-12(21)8-20-13(22)16(4,19-14(20)23)10-6-5-9(17)7-11(10)18/h5-7H,8H2,1-4H3,(H,19,23)/t16-/m0/s1. The van der Waals surface area contributed by atoms with Crippen LogP contribution in [0.5, 0.6) is 0 Å². The fraction of sp³-hybridized carbons (Fsp3) is 0.438. The zero-order chi connectivity index (χ0) is 18.3. The molecule has 0 bridgehead atoms. The van der Waals surface area contributed by atoms with Gasteiger partial charge in [-0.05, 0) is 39.8 Å². The lowest BCUT2D eigenvalue weighted by Crippen LogP contribution is -2.42. The van der Waals surface area contributed by atoms with Gasteiger partial charge in [0.2, 0.25) is 0 Å². The van der Waals surface area contributed by atoms with Crippen LogP contribution in [0, 0.1) is 0 Å². The van der Waals surface area contributed by atoms with Crippen LogP contribution in [0.15, 0.2) is 18.2 Å². The van der Waals surface area contributed by atoms with Gasteiger partial charge in [0.05, 0.1) is 0 Å². The van der Waals surface area contributed by atoms with Crippen LogP contribution in [0.2, 0.25) is 10.0 Å². The highest BCUT2D eigenvalue weighted by atomic mass is 35.5. The number of ether oxygens (including phenoxy) is 1. The average molecular weight is 373 g/mol. The maximum absolute atomic E-state index is 12.7. The molecule has 8 heteroatoms. The summed E-state index contributed by atoms with van der Waals surface area (Å²) in [5.41, 5.74) is -1.68. The summed E-state index contributed by atoms with van der Waals surface area (Å²) in [5.74, 6) is -1.25. The van der Waals surface area contributed by atoms with E-state index in [4.69, 9.17) is 27.9 Å². The van der Waals surface area contributed by atoms with E-state index in [1.807, 2.05) is 0 Å². The Labute approximate surface area is 150 Å². The van der Waals surface area contributed by atoms with E-state index in [0.717, 1.165) is 4.90 Å². The van der Waals surface area contributed by atoms with E-state index < -0.39 is 35.6 Å². The zero-order valence-corrected chi connectivity index (χ0v) is 15.3. The number of hydrogen-bond acceptors (Lipinski definition) is 4. The summed E-state index contributed by atoms with van der Waals surface area (Å²) in [6.07, 6.45) is 0. The van der Waals surface area contributed by atoms with Gasteiger partial charge >= 0.3 is 12.0 Å². The summed E-state index contributed by atoms with van der Waals surface area (Å²) in [7, 11) is 0. The predicted octanol–water partition coefficient (Wildman–Crippen LogP) is 3.10. The van der Waals surface area contributed by atoms with Gasteiger partial charge in [-0.25, -0.2) is 4.79 Å². The van der Waals surface area contributed by atoms with Crippen molar-refractivity contribution in [3.05, 3.63) is 33.8 Å². The molecule has 1 heterocycles. The Morgan fingerprint density at radius 3 is 2.46 bits per heavy atom. The average Bonchev–Trinajstić information content (AvgIpc) is 2.61. The Hall–Kier alpha value is -1.79. The summed E-state index contributed by atoms with van der Waals surface area (Å²) >= 11 is 12.0. The number of esters is 1. The number of nitrogens with one attached hydrogen (secondary N) is 1. The molecule has 1 N–H and O–H groups in total. The van der Waals surface area contributed by atoms with Crippen LogP contribution in [0.25, 0.3) is 0 Å². The van der Waals surface area contributed by atoms with E-state index in [0.29, 0.717) is 10.6 Å². The number of benzene rings is 1. The van der Waals surface area contributed by atoms with Gasteiger partial charge in [0.25, 0.3) is 5.91 Å². The van der Waals surface area contributed by atoms with Crippen molar-refractivity contribution >= 4 is 41.1 Å². The van der Waals surface area contributed by atoms with Gasteiger partial charge in [0.15, 0.2) is 0 Å². The summed E-state index contributed by atoms with van der Waals surface area (Å²) in [5, 5.41) is 3.24. The molecular formula is C16H18Cl2N2O4. The molecule has 130 valence electrons. The first-order valence-electron chi connectivity index (χ1n) is 7.25. The fourth-order valence-corrected chi connectivity index (χ4v) is 3.02. The van der Waals surface area contributed by atoms with Gasteiger partial charge in [0, 0.05) is 15.6 Å². The maximum atomic E-state index is 12.7. The minimum absolute atomic E-state index is 0.248. The second kappa shape index (κ2) is 6.26. The zero-order valence-electron chi connectivity index (χ0n) is 13.8. The summed E-state index contributed by atoms with van der Waals surface area (Å²) in [6, 6.07) is 3.95. The number of urea groups is 1. The lowest BCUT2D eigenvalue weighted by atomic mass is 9.92. The third kappa shape index (κ3) is 3.65. The van der Waals surface area contributed by atoms with Crippen LogP contribution < -0.4 is 5.32 Å². The number of rotatable bonds is 3. The molecule has 1 saturated heterocycles. The molecule has 1 fully saturated rings. The fourth-order valence-electron chi connectivity index (χ4n) is 2.42. The third-order valence-electron chi connectivity index (χ3n) is 3.45. The molecule has 3 amide bonds. The van der Waals surface area contributed by atoms with E-state index in [2.05, 4.69) is 5.32 Å². The lowest BCUT2D eigenvalue weighted by Gasteiger charge is -2.24. The quantitative estimate of drug-likeness (QED) is 0.653. The van der Waals surface area contributed by atoms with E-state index >= 15 is 0 Å². The van der Waals surface area contributed by atoms with Crippen LogP contribution in [0.4, 0.5) is 4.79 Å². The second-order valence-corrected chi connectivity index (χ2v) is 7.50. The largest absolute Gasteiger partial charge is 0.459 e. The number of hydrogen-bond donors (Lipinski definition) is 1. The predicted molar refractivity (Wildman–Crippen MR) is 89.9 cm³/mol. The molecule has 1 aromatic carbocycles. The number of imide groups is 1. The topological polar surface area (TPSA) is 75.7 Å². The Morgan fingerprint density at radius 1 is 1.29 bits per heavy atom. The van der Waals surface area contributed by atoms with Crippen molar-refractivity contribution in [3.8, 4) is 0 Å². The minimum atomic E-state index is -1.37. The second-order valence-electron chi connectivity index (χ2n) is 6.66. The molecule has 2 rings (SSSR count). The van der Waals surface area contributed by atoms with Gasteiger partial charge in [-0.15, -0.1) is 0 Å². The highest BCUT2D eigenvalue weighted by Crippen LogP contribution is 2.34. The van der Waals surface area contributed by atoms with Crippen molar-refractivity contribution in [1.82, 2.24) is 10.2 Å². The van der Waals surface area contributed by atoms with Crippen molar-refractivity contribution in [3.63, 3.8) is 0 Å². The molecule has 1 aromatic rings. The van der Waals surface area contributed by atoms with Crippen LogP contribution in [-0.4, -0.2) is 35.0 Å². The maximum Gasteiger partial charge on any atom is 0.326 e. The molecule has 6 nitrogen and oxygen atoms in total. The Morgan fingerprint density at radius 2 is 1.92 bits per heavy atom. The van der Waals surface area contributed by atoms with Crippen LogP contribution in [0.1, 0.15) is 33.3 Å². The number of carbonyl (C=O) groups excluding carboxylic acids is 3. The van der Waals surface area contributed by atoms with Crippen molar-refractivity contribution < 1.29 is 19.1 Å². The summed E-state index contributed by atoms with van der Waals surface area (Å²) in [6.45, 7) is 6.16. The molecule has 1 atom stereocenters. The monoisotopic (exact) mass is 372 g/mol. The number of nitrogens with zero attached hydrogens (tertiary/aromatic N) is 1. The Kier molecular flexibility index (Phi) is 4.84. The first kappa shape index (κ1) is 18.5. The molecular weight excluding hydrogens is 355 g/mol. The van der Waals surface area contributed by atoms with Gasteiger partial charge < -0.3 is 10.1 Å². The van der Waals surface area contributed by atoms with Crippen molar-refractivity contribution in [2.24, 2.45) is 0 Å². The molecule has 0 aliphatic carbocycles. The number of amides is 3. The highest BCUT2D eigenvalue weighted by molar-refractivity contribution is 6.35. The van der Waals surface area contributed by atoms with Crippen LogP contribution in [-0.2, 0) is 19.9 Å². The number of halogens is 2. The molecule has 24 heavy (non-hydrogen) atoms. The van der Waals surface area contributed by atoms with Crippen molar-refractivity contribution in [2.75, 3.05) is 6.54 Å². The third-order valence-corrected chi connectivity index (χ3v) is 4.00. The SMILES string of the molecule is CC(C)(C)OC(=O)CN1C(=O)N[C@@](C)(c2ccc(Cl)cc2Cl)C1=O. The summed E-state index contributed by atoms with van der Waals surface area (Å²) in [4.78, 5) is 37.6. The minimum Gasteiger partial charge on any atom is -0.459 e. The lowest BCUT2D eigenvalue weighted by molar-refractivity contribution is -0.157. The van der Waals surface area contributed by atoms with Crippen molar-refractivity contribution in [1.29, 1.82) is 0 Å². The van der Waals surface area contributed by atoms with E-state index in [1.165, 1.54) is 13.0 Å². The van der Waals surface area contributed by atoms with Gasteiger partial charge in [0.1, 0.15) is 17.7 Å². The van der Waals surface area contributed by atoms with E-state index in [1.54, 1.807) is 32.9 Å². The van der Waals surface area contributed by atoms with E-state index in [9.17, 15) is 14.4 Å². The summed E-state index contributed by atoms with van der Waals surface area (Å²) < 4.78 is 5.15. The highest BCUT2D eigenvalue weighted by Gasteiger charge is 2.50. The normalized spacial score (nSPS) is 21.0. The number of carbonyl (C=O) groups is 3. The van der Waals surface area contributed by atoms with E-state index in [-0.39, 0.29) is 5.02 Å². The first-order chi connectivity index (χ1) is 10.9. The molecule has 0 radical (unpaired) electrons. The Bertz CT molecular complexity index is 715.